The number of carbonyl (C=O) groups is 1. The molecule has 4 nitrogen and oxygen atoms in total. The van der Waals surface area contributed by atoms with Crippen LogP contribution in [0.25, 0.3) is 0 Å². The first kappa shape index (κ1) is 21.0. The van der Waals surface area contributed by atoms with Gasteiger partial charge < -0.3 is 4.90 Å². The molecule has 0 radical (unpaired) electrons. The van der Waals surface area contributed by atoms with Gasteiger partial charge in [-0.2, -0.15) is 0 Å². The van der Waals surface area contributed by atoms with E-state index in [-0.39, 0.29) is 17.9 Å². The second-order valence-electron chi connectivity index (χ2n) is 9.46. The summed E-state index contributed by atoms with van der Waals surface area (Å²) in [4.78, 5) is 17.9. The molecule has 1 spiro atoms. The lowest BCUT2D eigenvalue weighted by molar-refractivity contribution is -0.142. The lowest BCUT2D eigenvalue weighted by Crippen LogP contribution is -2.61. The van der Waals surface area contributed by atoms with E-state index in [2.05, 4.69) is 18.7 Å². The number of hydrogen-bond acceptors (Lipinski definition) is 3. The van der Waals surface area contributed by atoms with Crippen molar-refractivity contribution in [3.63, 3.8) is 0 Å². The Bertz CT molecular complexity index is 508. The van der Waals surface area contributed by atoms with Crippen molar-refractivity contribution >= 4 is 5.91 Å². The number of alkyl halides is 2. The molecule has 0 aromatic rings. The molecular formula is C21H37F2N3O. The van der Waals surface area contributed by atoms with Gasteiger partial charge in [-0.05, 0) is 56.5 Å². The third kappa shape index (κ3) is 4.81. The maximum Gasteiger partial charge on any atom is 0.275 e. The molecule has 1 amide bonds. The molecule has 3 heterocycles. The minimum Gasteiger partial charge on any atom is -0.343 e. The lowest BCUT2D eigenvalue weighted by atomic mass is 9.70. The molecule has 0 saturated carbocycles. The molecule has 156 valence electrons. The van der Waals surface area contributed by atoms with Crippen molar-refractivity contribution in [3.05, 3.63) is 0 Å². The van der Waals surface area contributed by atoms with Gasteiger partial charge in [-0.25, -0.2) is 8.78 Å². The fourth-order valence-electron chi connectivity index (χ4n) is 5.38. The smallest absolute Gasteiger partial charge is 0.275 e. The van der Waals surface area contributed by atoms with Crippen molar-refractivity contribution in [2.75, 3.05) is 45.8 Å². The Morgan fingerprint density at radius 3 is 2.15 bits per heavy atom. The van der Waals surface area contributed by atoms with E-state index in [1.807, 2.05) is 16.7 Å². The molecule has 0 aliphatic carbocycles. The maximum atomic E-state index is 14.8. The van der Waals surface area contributed by atoms with Crippen LogP contribution < -0.4 is 0 Å². The second kappa shape index (κ2) is 8.32. The molecule has 3 rings (SSSR count). The number of likely N-dealkylation sites (tertiary alicyclic amines) is 3. The van der Waals surface area contributed by atoms with Gasteiger partial charge in [0.25, 0.3) is 5.92 Å². The summed E-state index contributed by atoms with van der Waals surface area (Å²) in [5, 5.41) is 0. The average Bonchev–Trinajstić information content (AvgIpc) is 2.62. The average molecular weight is 386 g/mol. The summed E-state index contributed by atoms with van der Waals surface area (Å²) in [7, 11) is 0. The van der Waals surface area contributed by atoms with Gasteiger partial charge in [0.05, 0.1) is 12.6 Å². The zero-order chi connectivity index (χ0) is 19.7. The second-order valence-corrected chi connectivity index (χ2v) is 9.46. The first-order chi connectivity index (χ1) is 12.7. The first-order valence-corrected chi connectivity index (χ1v) is 10.9. The highest BCUT2D eigenvalue weighted by molar-refractivity contribution is 5.75. The van der Waals surface area contributed by atoms with E-state index in [0.717, 1.165) is 65.0 Å². The Balaban J connectivity index is 1.51. The van der Waals surface area contributed by atoms with Gasteiger partial charge in [-0.3, -0.25) is 14.6 Å². The first-order valence-electron chi connectivity index (χ1n) is 10.9. The van der Waals surface area contributed by atoms with E-state index in [4.69, 9.17) is 0 Å². The molecule has 3 fully saturated rings. The van der Waals surface area contributed by atoms with E-state index in [1.165, 1.54) is 0 Å². The molecule has 0 aromatic heterocycles. The third-order valence-corrected chi connectivity index (χ3v) is 7.04. The van der Waals surface area contributed by atoms with Crippen LogP contribution in [-0.4, -0.2) is 78.4 Å². The monoisotopic (exact) mass is 385 g/mol. The molecule has 0 N–H and O–H groups in total. The summed E-state index contributed by atoms with van der Waals surface area (Å²) >= 11 is 0. The number of halogens is 2. The molecule has 27 heavy (non-hydrogen) atoms. The van der Waals surface area contributed by atoms with Gasteiger partial charge in [0, 0.05) is 32.6 Å². The summed E-state index contributed by atoms with van der Waals surface area (Å²) in [6.45, 7) is 10.8. The highest BCUT2D eigenvalue weighted by atomic mass is 19.3. The molecule has 1 atom stereocenters. The topological polar surface area (TPSA) is 26.8 Å². The minimum absolute atomic E-state index is 0.0917. The van der Waals surface area contributed by atoms with Crippen LogP contribution in [0.3, 0.4) is 0 Å². The van der Waals surface area contributed by atoms with Crippen molar-refractivity contribution < 1.29 is 13.6 Å². The van der Waals surface area contributed by atoms with Crippen LogP contribution >= 0.6 is 0 Å². The number of carbonyl (C=O) groups excluding carboxylic acids is 1. The van der Waals surface area contributed by atoms with Crippen molar-refractivity contribution in [2.45, 2.75) is 71.3 Å². The molecule has 6 heteroatoms. The molecule has 3 aliphatic heterocycles. The van der Waals surface area contributed by atoms with E-state index >= 15 is 0 Å². The summed E-state index contributed by atoms with van der Waals surface area (Å²) in [6.07, 6.45) is 5.23. The summed E-state index contributed by atoms with van der Waals surface area (Å²) in [6, 6.07) is -0.597. The van der Waals surface area contributed by atoms with Gasteiger partial charge in [0.1, 0.15) is 0 Å². The quantitative estimate of drug-likeness (QED) is 0.741. The molecular weight excluding hydrogens is 348 g/mol. The summed E-state index contributed by atoms with van der Waals surface area (Å²) in [5.74, 6) is -1.94. The van der Waals surface area contributed by atoms with Crippen molar-refractivity contribution in [2.24, 2.45) is 11.3 Å². The molecule has 0 aromatic carbocycles. The van der Waals surface area contributed by atoms with Gasteiger partial charge >= 0.3 is 0 Å². The fourth-order valence-corrected chi connectivity index (χ4v) is 5.38. The van der Waals surface area contributed by atoms with Crippen LogP contribution in [0, 0.1) is 11.3 Å². The molecule has 3 aliphatic rings. The van der Waals surface area contributed by atoms with Crippen molar-refractivity contribution in [3.8, 4) is 0 Å². The van der Waals surface area contributed by atoms with Crippen LogP contribution in [0.5, 0.6) is 0 Å². The highest BCUT2D eigenvalue weighted by Crippen LogP contribution is 2.43. The van der Waals surface area contributed by atoms with Gasteiger partial charge in [-0.1, -0.05) is 20.8 Å². The number of rotatable bonds is 4. The Labute approximate surface area is 163 Å². The molecule has 0 bridgehead atoms. The SMILES string of the molecule is CCC(=O)N1CCC2(CC1)CCN([C@H]1CCN(CC(C)C)CC1(F)F)CC2. The van der Waals surface area contributed by atoms with E-state index < -0.39 is 12.0 Å². The van der Waals surface area contributed by atoms with Gasteiger partial charge in [-0.15, -0.1) is 0 Å². The molecule has 0 unspecified atom stereocenters. The number of piperidine rings is 3. The molecule has 3 saturated heterocycles. The van der Waals surface area contributed by atoms with Crippen LogP contribution in [0.15, 0.2) is 0 Å². The van der Waals surface area contributed by atoms with Crippen LogP contribution in [0.1, 0.15) is 59.3 Å². The number of nitrogens with zero attached hydrogens (tertiary/aromatic N) is 3. The van der Waals surface area contributed by atoms with Crippen molar-refractivity contribution in [1.29, 1.82) is 0 Å². The van der Waals surface area contributed by atoms with E-state index in [0.29, 0.717) is 18.8 Å². The lowest BCUT2D eigenvalue weighted by Gasteiger charge is -2.51. The normalized spacial score (nSPS) is 29.4. The Kier molecular flexibility index (Phi) is 6.46. The highest BCUT2D eigenvalue weighted by Gasteiger charge is 2.49. The summed E-state index contributed by atoms with van der Waals surface area (Å²) in [5.41, 5.74) is 0.272. The zero-order valence-corrected chi connectivity index (χ0v) is 17.4. The standard InChI is InChI=1S/C21H37F2N3O/c1-4-19(27)26-13-8-20(9-14-26)6-11-25(12-7-20)18-5-10-24(15-17(2)3)16-21(18,22)23/h17-18H,4-16H2,1-3H3/t18-/m0/s1. The minimum atomic E-state index is -2.62. The Morgan fingerprint density at radius 2 is 1.63 bits per heavy atom. The number of hydrogen-bond donors (Lipinski definition) is 0. The van der Waals surface area contributed by atoms with Crippen LogP contribution in [-0.2, 0) is 4.79 Å². The van der Waals surface area contributed by atoms with E-state index in [9.17, 15) is 13.6 Å². The summed E-state index contributed by atoms with van der Waals surface area (Å²) < 4.78 is 29.7. The Morgan fingerprint density at radius 1 is 1.04 bits per heavy atom. The third-order valence-electron chi connectivity index (χ3n) is 7.04. The van der Waals surface area contributed by atoms with Gasteiger partial charge in [0.15, 0.2) is 0 Å². The predicted molar refractivity (Wildman–Crippen MR) is 104 cm³/mol. The zero-order valence-electron chi connectivity index (χ0n) is 17.4. The van der Waals surface area contributed by atoms with Crippen LogP contribution in [0.2, 0.25) is 0 Å². The fraction of sp³-hybridized carbons (Fsp3) is 0.952. The predicted octanol–water partition coefficient (Wildman–Crippen LogP) is 3.47. The Hall–Kier alpha value is -0.750. The van der Waals surface area contributed by atoms with Crippen LogP contribution in [0.4, 0.5) is 8.78 Å². The van der Waals surface area contributed by atoms with E-state index in [1.54, 1.807) is 0 Å². The largest absolute Gasteiger partial charge is 0.343 e. The van der Waals surface area contributed by atoms with Crippen molar-refractivity contribution in [1.82, 2.24) is 14.7 Å². The number of amides is 1. The van der Waals surface area contributed by atoms with Gasteiger partial charge in [0.2, 0.25) is 5.91 Å². The maximum absolute atomic E-state index is 14.8.